The van der Waals surface area contributed by atoms with Gasteiger partial charge in [0.25, 0.3) is 11.8 Å². The lowest BCUT2D eigenvalue weighted by Crippen LogP contribution is -2.30. The van der Waals surface area contributed by atoms with Crippen LogP contribution in [0.2, 0.25) is 0 Å². The molecule has 4 aromatic rings. The van der Waals surface area contributed by atoms with Crippen LogP contribution in [0.4, 0.5) is 11.4 Å². The molecule has 0 saturated heterocycles. The molecule has 0 unspecified atom stereocenters. The minimum atomic E-state index is -0.477. The molecule has 3 N–H and O–H groups in total. The zero-order valence-corrected chi connectivity index (χ0v) is 23.9. The van der Waals surface area contributed by atoms with Crippen LogP contribution in [0.1, 0.15) is 15.9 Å². The minimum Gasteiger partial charge on any atom is -0.497 e. The number of carbonyl (C=O) groups excluding carboxylic acids is 3. The van der Waals surface area contributed by atoms with Gasteiger partial charge in [-0.2, -0.15) is 0 Å². The number of hydrogen-bond donors (Lipinski definition) is 3. The Morgan fingerprint density at radius 2 is 1.43 bits per heavy atom. The first kappa shape index (κ1) is 28.7. The van der Waals surface area contributed by atoms with Gasteiger partial charge in [0.05, 0.1) is 12.9 Å². The van der Waals surface area contributed by atoms with Gasteiger partial charge >= 0.3 is 0 Å². The lowest BCUT2D eigenvalue weighted by molar-refractivity contribution is -0.114. The van der Waals surface area contributed by atoms with Crippen LogP contribution in [0.5, 0.6) is 5.75 Å². The van der Waals surface area contributed by atoms with E-state index in [4.69, 9.17) is 4.74 Å². The first-order valence-corrected chi connectivity index (χ1v) is 14.0. The average molecular weight is 617 g/mol. The van der Waals surface area contributed by atoms with Gasteiger partial charge < -0.3 is 20.7 Å². The van der Waals surface area contributed by atoms with Crippen molar-refractivity contribution in [3.8, 4) is 5.75 Å². The largest absolute Gasteiger partial charge is 0.497 e. The van der Waals surface area contributed by atoms with Crippen LogP contribution in [-0.2, 0) is 9.59 Å². The van der Waals surface area contributed by atoms with Gasteiger partial charge in [-0.3, -0.25) is 14.4 Å². The van der Waals surface area contributed by atoms with Crippen LogP contribution in [-0.4, -0.2) is 30.6 Å². The van der Waals surface area contributed by atoms with Crippen LogP contribution < -0.4 is 20.7 Å². The van der Waals surface area contributed by atoms with Crippen molar-refractivity contribution in [3.05, 3.63) is 124 Å². The van der Waals surface area contributed by atoms with E-state index in [0.29, 0.717) is 22.6 Å². The van der Waals surface area contributed by atoms with Crippen molar-refractivity contribution in [2.75, 3.05) is 23.5 Å². The van der Waals surface area contributed by atoms with E-state index in [1.165, 1.54) is 11.8 Å². The highest BCUT2D eigenvalue weighted by molar-refractivity contribution is 9.10. The highest BCUT2D eigenvalue weighted by atomic mass is 79.9. The number of benzene rings is 4. The van der Waals surface area contributed by atoms with Crippen LogP contribution in [0, 0.1) is 0 Å². The molecule has 4 aromatic carbocycles. The summed E-state index contributed by atoms with van der Waals surface area (Å²) in [6, 6.07) is 30.3. The highest BCUT2D eigenvalue weighted by Gasteiger charge is 2.15. The molecule has 0 atom stereocenters. The summed E-state index contributed by atoms with van der Waals surface area (Å²) >= 11 is 4.76. The zero-order chi connectivity index (χ0) is 28.3. The monoisotopic (exact) mass is 615 g/mol. The van der Waals surface area contributed by atoms with Gasteiger partial charge in [-0.1, -0.05) is 46.3 Å². The van der Waals surface area contributed by atoms with Crippen molar-refractivity contribution < 1.29 is 19.1 Å². The van der Waals surface area contributed by atoms with E-state index in [1.807, 2.05) is 42.5 Å². The Morgan fingerprint density at radius 3 is 2.08 bits per heavy atom. The Balaban J connectivity index is 1.40. The molecule has 0 fully saturated rings. The molecule has 0 aliphatic carbocycles. The molecule has 0 radical (unpaired) electrons. The summed E-state index contributed by atoms with van der Waals surface area (Å²) in [5, 5.41) is 8.41. The first-order valence-electron chi connectivity index (χ1n) is 12.2. The molecule has 0 aromatic heterocycles. The number of thioether (sulfide) groups is 1. The van der Waals surface area contributed by atoms with E-state index in [-0.39, 0.29) is 17.4 Å². The molecule has 202 valence electrons. The quantitative estimate of drug-likeness (QED) is 0.138. The molecular weight excluding hydrogens is 590 g/mol. The van der Waals surface area contributed by atoms with Crippen molar-refractivity contribution in [2.45, 2.75) is 4.90 Å². The highest BCUT2D eigenvalue weighted by Crippen LogP contribution is 2.22. The average Bonchev–Trinajstić information content (AvgIpc) is 2.98. The fourth-order valence-electron chi connectivity index (χ4n) is 3.52. The van der Waals surface area contributed by atoms with Crippen LogP contribution in [0.25, 0.3) is 6.08 Å². The van der Waals surface area contributed by atoms with E-state index < -0.39 is 11.8 Å². The Kier molecular flexibility index (Phi) is 10.1. The van der Waals surface area contributed by atoms with Gasteiger partial charge in [0.15, 0.2) is 0 Å². The summed E-state index contributed by atoms with van der Waals surface area (Å²) in [5.41, 5.74) is 2.50. The number of nitrogens with one attached hydrogen (secondary N) is 3. The van der Waals surface area contributed by atoms with Gasteiger partial charge in [-0.25, -0.2) is 0 Å². The summed E-state index contributed by atoms with van der Waals surface area (Å²) in [5.74, 6) is -0.0763. The van der Waals surface area contributed by atoms with Crippen LogP contribution in [0.15, 0.2) is 118 Å². The summed E-state index contributed by atoms with van der Waals surface area (Å²) in [6.07, 6.45) is 1.60. The van der Waals surface area contributed by atoms with Crippen molar-refractivity contribution in [1.29, 1.82) is 0 Å². The molecule has 0 saturated carbocycles. The van der Waals surface area contributed by atoms with Gasteiger partial charge in [0.2, 0.25) is 5.91 Å². The van der Waals surface area contributed by atoms with E-state index in [9.17, 15) is 14.4 Å². The van der Waals surface area contributed by atoms with Crippen molar-refractivity contribution in [2.24, 2.45) is 0 Å². The van der Waals surface area contributed by atoms with Gasteiger partial charge in [-0.15, -0.1) is 11.8 Å². The fourth-order valence-corrected chi connectivity index (χ4v) is 4.48. The second-order valence-electron chi connectivity index (χ2n) is 8.47. The topological polar surface area (TPSA) is 96.5 Å². The maximum absolute atomic E-state index is 13.2. The molecule has 0 spiro atoms. The minimum absolute atomic E-state index is 0.0853. The normalized spacial score (nSPS) is 10.9. The summed E-state index contributed by atoms with van der Waals surface area (Å²) in [4.78, 5) is 39.2. The molecular formula is C31H26BrN3O4S. The number of rotatable bonds is 10. The summed E-state index contributed by atoms with van der Waals surface area (Å²) in [6.45, 7) is 0. The van der Waals surface area contributed by atoms with Gasteiger partial charge in [0.1, 0.15) is 11.4 Å². The molecule has 0 aliphatic heterocycles. The molecule has 7 nitrogen and oxygen atoms in total. The Hall–Kier alpha value is -4.34. The molecule has 0 heterocycles. The standard InChI is InChI=1S/C31H26BrN3O4S/c1-39-26-15-7-21(8-16-26)19-28(35-30(37)22-5-3-2-4-6-22)31(38)34-25-13-17-27(18-14-25)40-20-29(36)33-24-11-9-23(32)10-12-24/h2-19H,20H2,1H3,(H,33,36)(H,34,38)(H,35,37)/b28-19-. The molecule has 9 heteroatoms. The van der Waals surface area contributed by atoms with E-state index in [0.717, 1.165) is 15.1 Å². The molecule has 0 bridgehead atoms. The van der Waals surface area contributed by atoms with E-state index in [1.54, 1.807) is 73.8 Å². The molecule has 40 heavy (non-hydrogen) atoms. The predicted molar refractivity (Wildman–Crippen MR) is 163 cm³/mol. The first-order chi connectivity index (χ1) is 19.4. The summed E-state index contributed by atoms with van der Waals surface area (Å²) in [7, 11) is 1.58. The third kappa shape index (κ3) is 8.59. The Morgan fingerprint density at radius 1 is 0.800 bits per heavy atom. The summed E-state index contributed by atoms with van der Waals surface area (Å²) < 4.78 is 6.14. The fraction of sp³-hybridized carbons (Fsp3) is 0.0645. The third-order valence-electron chi connectivity index (χ3n) is 5.57. The zero-order valence-electron chi connectivity index (χ0n) is 21.5. The Bertz CT molecular complexity index is 1490. The van der Waals surface area contributed by atoms with Gasteiger partial charge in [-0.05, 0) is 84.4 Å². The second kappa shape index (κ2) is 14.2. The number of anilines is 2. The number of hydrogen-bond acceptors (Lipinski definition) is 5. The number of halogens is 1. The third-order valence-corrected chi connectivity index (χ3v) is 7.11. The predicted octanol–water partition coefficient (Wildman–Crippen LogP) is 6.60. The Labute approximate surface area is 245 Å². The lowest BCUT2D eigenvalue weighted by atomic mass is 10.1. The smallest absolute Gasteiger partial charge is 0.272 e. The SMILES string of the molecule is COc1ccc(/C=C(\NC(=O)c2ccccc2)C(=O)Nc2ccc(SCC(=O)Nc3ccc(Br)cc3)cc2)cc1. The van der Waals surface area contributed by atoms with Crippen molar-refractivity contribution in [3.63, 3.8) is 0 Å². The van der Waals surface area contributed by atoms with E-state index in [2.05, 4.69) is 31.9 Å². The number of carbonyl (C=O) groups is 3. The van der Waals surface area contributed by atoms with Crippen LogP contribution in [0.3, 0.4) is 0 Å². The number of ether oxygens (including phenoxy) is 1. The maximum Gasteiger partial charge on any atom is 0.272 e. The second-order valence-corrected chi connectivity index (χ2v) is 10.4. The van der Waals surface area contributed by atoms with Crippen LogP contribution >= 0.6 is 27.7 Å². The number of amides is 3. The molecule has 0 aliphatic rings. The molecule has 4 rings (SSSR count). The van der Waals surface area contributed by atoms with Gasteiger partial charge in [0, 0.05) is 26.3 Å². The van der Waals surface area contributed by atoms with Crippen molar-refractivity contribution >= 4 is 62.9 Å². The number of methoxy groups -OCH3 is 1. The van der Waals surface area contributed by atoms with E-state index >= 15 is 0 Å². The molecule has 3 amide bonds. The van der Waals surface area contributed by atoms with Crippen molar-refractivity contribution in [1.82, 2.24) is 5.32 Å². The maximum atomic E-state index is 13.2. The lowest BCUT2D eigenvalue weighted by Gasteiger charge is -2.12.